The van der Waals surface area contributed by atoms with Crippen LogP contribution in [0.5, 0.6) is 0 Å². The third kappa shape index (κ3) is 3.63. The lowest BCUT2D eigenvalue weighted by atomic mass is 9.79. The Morgan fingerprint density at radius 1 is 1.23 bits per heavy atom. The lowest BCUT2D eigenvalue weighted by Gasteiger charge is -2.47. The standard InChI is InChI=1S/C22H26Cl2N2/c1-6-26-21-9-14(2)16(10-18(21)15(3)12-22(26,4)5)13-25-20-8-7-17(23)11-19(20)24/h7-11,13,15H,6,12H2,1-5H3. The predicted molar refractivity (Wildman–Crippen MR) is 115 cm³/mol. The largest absolute Gasteiger partial charge is 0.366 e. The summed E-state index contributed by atoms with van der Waals surface area (Å²) in [6.45, 7) is 12.4. The van der Waals surface area contributed by atoms with E-state index in [1.165, 1.54) is 16.8 Å². The van der Waals surface area contributed by atoms with E-state index in [0.717, 1.165) is 24.2 Å². The molecule has 3 rings (SSSR count). The monoisotopic (exact) mass is 388 g/mol. The SMILES string of the molecule is CCN1c2cc(C)c(C=Nc3ccc(Cl)cc3Cl)cc2C(C)CC1(C)C. The molecule has 0 N–H and O–H groups in total. The number of hydrogen-bond acceptors (Lipinski definition) is 2. The van der Waals surface area contributed by atoms with Gasteiger partial charge in [-0.1, -0.05) is 30.1 Å². The minimum Gasteiger partial charge on any atom is -0.366 e. The van der Waals surface area contributed by atoms with Crippen LogP contribution in [0.2, 0.25) is 10.0 Å². The van der Waals surface area contributed by atoms with Crippen molar-refractivity contribution >= 4 is 40.8 Å². The van der Waals surface area contributed by atoms with Crippen LogP contribution in [0.25, 0.3) is 0 Å². The molecule has 0 fully saturated rings. The van der Waals surface area contributed by atoms with Crippen LogP contribution in [0.1, 0.15) is 56.7 Å². The zero-order chi connectivity index (χ0) is 19.1. The van der Waals surface area contributed by atoms with Gasteiger partial charge in [0.15, 0.2) is 0 Å². The van der Waals surface area contributed by atoms with Gasteiger partial charge in [0.05, 0.1) is 10.7 Å². The van der Waals surface area contributed by atoms with E-state index in [2.05, 4.69) is 56.6 Å². The maximum absolute atomic E-state index is 6.24. The lowest BCUT2D eigenvalue weighted by molar-refractivity contribution is 0.381. The van der Waals surface area contributed by atoms with Crippen molar-refractivity contribution in [2.45, 2.75) is 52.5 Å². The zero-order valence-corrected chi connectivity index (χ0v) is 17.6. The lowest BCUT2D eigenvalue weighted by Crippen LogP contribution is -2.48. The normalized spacial score (nSPS) is 19.0. The van der Waals surface area contributed by atoms with Crippen molar-refractivity contribution in [2.75, 3.05) is 11.4 Å². The molecule has 1 aliphatic rings. The molecule has 0 saturated carbocycles. The van der Waals surface area contributed by atoms with Crippen LogP contribution in [-0.2, 0) is 0 Å². The highest BCUT2D eigenvalue weighted by atomic mass is 35.5. The molecule has 0 spiro atoms. The summed E-state index contributed by atoms with van der Waals surface area (Å²) < 4.78 is 0. The summed E-state index contributed by atoms with van der Waals surface area (Å²) in [7, 11) is 0. The fourth-order valence-electron chi connectivity index (χ4n) is 4.11. The van der Waals surface area contributed by atoms with Gasteiger partial charge in [-0.3, -0.25) is 4.99 Å². The molecule has 0 bridgehead atoms. The van der Waals surface area contributed by atoms with E-state index in [0.29, 0.717) is 16.0 Å². The molecular weight excluding hydrogens is 363 g/mol. The topological polar surface area (TPSA) is 15.6 Å². The molecule has 1 atom stereocenters. The van der Waals surface area contributed by atoms with Crippen LogP contribution in [-0.4, -0.2) is 18.3 Å². The molecule has 0 aromatic heterocycles. The Morgan fingerprint density at radius 3 is 2.62 bits per heavy atom. The van der Waals surface area contributed by atoms with Crippen molar-refractivity contribution in [1.82, 2.24) is 0 Å². The molecule has 138 valence electrons. The minimum atomic E-state index is 0.181. The number of fused-ring (bicyclic) bond motifs is 1. The maximum atomic E-state index is 6.24. The summed E-state index contributed by atoms with van der Waals surface area (Å²) in [6, 6.07) is 9.97. The van der Waals surface area contributed by atoms with E-state index in [9.17, 15) is 0 Å². The van der Waals surface area contributed by atoms with Crippen molar-refractivity contribution in [3.63, 3.8) is 0 Å². The summed E-state index contributed by atoms with van der Waals surface area (Å²) in [5.74, 6) is 0.523. The highest BCUT2D eigenvalue weighted by molar-refractivity contribution is 6.36. The molecular formula is C22H26Cl2N2. The van der Waals surface area contributed by atoms with Crippen LogP contribution < -0.4 is 4.90 Å². The zero-order valence-electron chi connectivity index (χ0n) is 16.1. The number of hydrogen-bond donors (Lipinski definition) is 0. The highest BCUT2D eigenvalue weighted by Gasteiger charge is 2.35. The van der Waals surface area contributed by atoms with Crippen LogP contribution in [0, 0.1) is 6.92 Å². The van der Waals surface area contributed by atoms with Crippen LogP contribution in [0.3, 0.4) is 0 Å². The Morgan fingerprint density at radius 2 is 1.96 bits per heavy atom. The predicted octanol–water partition coefficient (Wildman–Crippen LogP) is 7.16. The molecule has 2 nitrogen and oxygen atoms in total. The summed E-state index contributed by atoms with van der Waals surface area (Å²) in [6.07, 6.45) is 3.06. The van der Waals surface area contributed by atoms with Crippen molar-refractivity contribution < 1.29 is 0 Å². The summed E-state index contributed by atoms with van der Waals surface area (Å²) in [5.41, 5.74) is 6.03. The quantitative estimate of drug-likeness (QED) is 0.508. The summed E-state index contributed by atoms with van der Waals surface area (Å²) in [4.78, 5) is 7.11. The molecule has 0 aliphatic carbocycles. The Balaban J connectivity index is 2.01. The smallest absolute Gasteiger partial charge is 0.0817 e. The van der Waals surface area contributed by atoms with Crippen molar-refractivity contribution in [1.29, 1.82) is 0 Å². The first kappa shape index (κ1) is 19.3. The van der Waals surface area contributed by atoms with E-state index in [-0.39, 0.29) is 5.54 Å². The molecule has 0 saturated heterocycles. The van der Waals surface area contributed by atoms with Crippen LogP contribution >= 0.6 is 23.2 Å². The van der Waals surface area contributed by atoms with Crippen molar-refractivity contribution in [3.8, 4) is 0 Å². The fraction of sp³-hybridized carbons (Fsp3) is 0.409. The van der Waals surface area contributed by atoms with Gasteiger partial charge in [0.25, 0.3) is 0 Å². The fourth-order valence-corrected chi connectivity index (χ4v) is 4.57. The average Bonchev–Trinajstić information content (AvgIpc) is 2.54. The first-order chi connectivity index (χ1) is 12.2. The summed E-state index contributed by atoms with van der Waals surface area (Å²) in [5, 5.41) is 1.19. The second kappa shape index (κ2) is 7.25. The number of benzene rings is 2. The summed E-state index contributed by atoms with van der Waals surface area (Å²) >= 11 is 12.2. The number of rotatable bonds is 3. The van der Waals surface area contributed by atoms with E-state index < -0.39 is 0 Å². The maximum Gasteiger partial charge on any atom is 0.0817 e. The first-order valence-corrected chi connectivity index (χ1v) is 9.90. The van der Waals surface area contributed by atoms with Gasteiger partial charge in [0.2, 0.25) is 0 Å². The number of halogens is 2. The Hall–Kier alpha value is -1.51. The van der Waals surface area contributed by atoms with Crippen LogP contribution in [0.4, 0.5) is 11.4 Å². The van der Waals surface area contributed by atoms with Crippen LogP contribution in [0.15, 0.2) is 35.3 Å². The number of anilines is 1. The van der Waals surface area contributed by atoms with Gasteiger partial charge in [-0.2, -0.15) is 0 Å². The van der Waals surface area contributed by atoms with Gasteiger partial charge in [-0.05, 0) is 87.1 Å². The Bertz CT molecular complexity index is 855. The second-order valence-corrected chi connectivity index (χ2v) is 8.63. The number of nitrogens with zero attached hydrogens (tertiary/aromatic N) is 2. The molecule has 1 aliphatic heterocycles. The van der Waals surface area contributed by atoms with Gasteiger partial charge in [-0.15, -0.1) is 0 Å². The molecule has 1 heterocycles. The Labute approximate surface area is 166 Å². The first-order valence-electron chi connectivity index (χ1n) is 9.14. The third-order valence-corrected chi connectivity index (χ3v) is 5.88. The van der Waals surface area contributed by atoms with E-state index in [4.69, 9.17) is 23.2 Å². The molecule has 2 aromatic carbocycles. The van der Waals surface area contributed by atoms with Gasteiger partial charge in [0.1, 0.15) is 0 Å². The highest BCUT2D eigenvalue weighted by Crippen LogP contribution is 2.44. The number of aryl methyl sites for hydroxylation is 1. The number of aliphatic imine (C=N–C) groups is 1. The molecule has 2 aromatic rings. The minimum absolute atomic E-state index is 0.181. The van der Waals surface area contributed by atoms with Gasteiger partial charge in [-0.25, -0.2) is 0 Å². The van der Waals surface area contributed by atoms with E-state index >= 15 is 0 Å². The molecule has 0 amide bonds. The van der Waals surface area contributed by atoms with Crippen molar-refractivity contribution in [3.05, 3.63) is 57.1 Å². The van der Waals surface area contributed by atoms with E-state index in [1.54, 1.807) is 6.07 Å². The van der Waals surface area contributed by atoms with Gasteiger partial charge >= 0.3 is 0 Å². The molecule has 0 radical (unpaired) electrons. The molecule has 1 unspecified atom stereocenters. The van der Waals surface area contributed by atoms with E-state index in [1.807, 2.05) is 18.3 Å². The Kier molecular flexibility index (Phi) is 5.37. The average molecular weight is 389 g/mol. The molecule has 4 heteroatoms. The molecule has 26 heavy (non-hydrogen) atoms. The van der Waals surface area contributed by atoms with Crippen molar-refractivity contribution in [2.24, 2.45) is 4.99 Å². The van der Waals surface area contributed by atoms with Gasteiger partial charge < -0.3 is 4.90 Å². The van der Waals surface area contributed by atoms with Gasteiger partial charge in [0, 0.05) is 29.0 Å². The third-order valence-electron chi connectivity index (χ3n) is 5.34. The second-order valence-electron chi connectivity index (χ2n) is 7.78.